The molecule has 2 rings (SSSR count). The molecule has 1 aromatic heterocycles. The fourth-order valence-electron chi connectivity index (χ4n) is 2.04. The van der Waals surface area contributed by atoms with Crippen molar-refractivity contribution in [3.8, 4) is 0 Å². The second-order valence-electron chi connectivity index (χ2n) is 4.70. The molecule has 0 aliphatic heterocycles. The summed E-state index contributed by atoms with van der Waals surface area (Å²) in [5.41, 5.74) is 4.79. The van der Waals surface area contributed by atoms with Crippen LogP contribution in [0.2, 0.25) is 0 Å². The average Bonchev–Trinajstić information content (AvgIpc) is 2.70. The molecule has 0 aliphatic carbocycles. The van der Waals surface area contributed by atoms with Crippen molar-refractivity contribution in [2.75, 3.05) is 0 Å². The predicted molar refractivity (Wildman–Crippen MR) is 76.1 cm³/mol. The molecule has 18 heavy (non-hydrogen) atoms. The maximum Gasteiger partial charge on any atom is 0.304 e. The van der Waals surface area contributed by atoms with Gasteiger partial charge in [-0.25, -0.2) is 0 Å². The van der Waals surface area contributed by atoms with Gasteiger partial charge < -0.3 is 10.3 Å². The number of aromatic amines is 1. The van der Waals surface area contributed by atoms with Crippen LogP contribution in [0.15, 0.2) is 28.4 Å². The summed E-state index contributed by atoms with van der Waals surface area (Å²) in [6.07, 6.45) is 0. The van der Waals surface area contributed by atoms with Gasteiger partial charge in [0.25, 0.3) is 0 Å². The number of aryl methyl sites for hydroxylation is 2. The first-order chi connectivity index (χ1) is 8.54. The SMILES string of the molecule is Cc1cc(C)cc(C(C)NCc2csc(=O)[nH]2)c1. The molecule has 2 aromatic rings. The van der Waals surface area contributed by atoms with Gasteiger partial charge in [-0.05, 0) is 26.3 Å². The first-order valence-electron chi connectivity index (χ1n) is 6.03. The molecule has 1 heterocycles. The van der Waals surface area contributed by atoms with E-state index in [-0.39, 0.29) is 10.9 Å². The van der Waals surface area contributed by atoms with Gasteiger partial charge >= 0.3 is 4.87 Å². The summed E-state index contributed by atoms with van der Waals surface area (Å²) in [7, 11) is 0. The Morgan fingerprint density at radius 1 is 1.28 bits per heavy atom. The van der Waals surface area contributed by atoms with E-state index >= 15 is 0 Å². The maximum atomic E-state index is 11.0. The monoisotopic (exact) mass is 262 g/mol. The first-order valence-corrected chi connectivity index (χ1v) is 6.91. The van der Waals surface area contributed by atoms with E-state index in [0.717, 1.165) is 5.69 Å². The third kappa shape index (κ3) is 3.31. The van der Waals surface area contributed by atoms with Crippen molar-refractivity contribution in [2.24, 2.45) is 0 Å². The smallest absolute Gasteiger partial charge is 0.304 e. The molecule has 0 aliphatic rings. The minimum Gasteiger partial charge on any atom is -0.315 e. The van der Waals surface area contributed by atoms with Gasteiger partial charge in [0.15, 0.2) is 0 Å². The van der Waals surface area contributed by atoms with Crippen LogP contribution < -0.4 is 10.2 Å². The van der Waals surface area contributed by atoms with Crippen LogP contribution in [-0.4, -0.2) is 4.98 Å². The lowest BCUT2D eigenvalue weighted by atomic mass is 10.0. The van der Waals surface area contributed by atoms with E-state index in [4.69, 9.17) is 0 Å². The van der Waals surface area contributed by atoms with Gasteiger partial charge in [-0.1, -0.05) is 40.7 Å². The molecule has 0 fully saturated rings. The Labute approximate surface area is 111 Å². The molecule has 2 N–H and O–H groups in total. The van der Waals surface area contributed by atoms with E-state index in [0.29, 0.717) is 6.54 Å². The summed E-state index contributed by atoms with van der Waals surface area (Å²) < 4.78 is 0. The minimum absolute atomic E-state index is 0.00542. The highest BCUT2D eigenvalue weighted by atomic mass is 32.1. The van der Waals surface area contributed by atoms with Gasteiger partial charge in [0.2, 0.25) is 0 Å². The Balaban J connectivity index is 2.03. The molecule has 3 nitrogen and oxygen atoms in total. The minimum atomic E-state index is 0.00542. The Morgan fingerprint density at radius 3 is 2.50 bits per heavy atom. The van der Waals surface area contributed by atoms with Gasteiger partial charge in [-0.2, -0.15) is 0 Å². The summed E-state index contributed by atoms with van der Waals surface area (Å²) in [6, 6.07) is 6.83. The number of rotatable bonds is 4. The Morgan fingerprint density at radius 2 is 1.94 bits per heavy atom. The van der Waals surface area contributed by atoms with Crippen LogP contribution in [0.3, 0.4) is 0 Å². The molecule has 0 saturated carbocycles. The average molecular weight is 262 g/mol. The Bertz CT molecular complexity index is 565. The quantitative estimate of drug-likeness (QED) is 0.890. The number of H-pyrrole nitrogens is 1. The molecule has 0 amide bonds. The Kier molecular flexibility index (Phi) is 3.99. The highest BCUT2D eigenvalue weighted by Gasteiger charge is 2.06. The second-order valence-corrected chi connectivity index (χ2v) is 5.54. The molecule has 1 atom stereocenters. The lowest BCUT2D eigenvalue weighted by molar-refractivity contribution is 0.568. The zero-order valence-corrected chi connectivity index (χ0v) is 11.7. The lowest BCUT2D eigenvalue weighted by Gasteiger charge is -2.15. The molecule has 0 bridgehead atoms. The van der Waals surface area contributed by atoms with E-state index in [1.807, 2.05) is 5.38 Å². The van der Waals surface area contributed by atoms with Crippen LogP contribution in [0, 0.1) is 13.8 Å². The number of nitrogens with one attached hydrogen (secondary N) is 2. The molecular weight excluding hydrogens is 244 g/mol. The van der Waals surface area contributed by atoms with Crippen LogP contribution in [0.25, 0.3) is 0 Å². The second kappa shape index (κ2) is 5.50. The van der Waals surface area contributed by atoms with Gasteiger partial charge in [0.1, 0.15) is 0 Å². The first kappa shape index (κ1) is 13.1. The van der Waals surface area contributed by atoms with Gasteiger partial charge in [-0.15, -0.1) is 0 Å². The molecule has 4 heteroatoms. The van der Waals surface area contributed by atoms with Gasteiger partial charge in [0.05, 0.1) is 0 Å². The molecule has 96 valence electrons. The van der Waals surface area contributed by atoms with Crippen molar-refractivity contribution in [3.05, 3.63) is 55.6 Å². The van der Waals surface area contributed by atoms with E-state index in [1.54, 1.807) is 0 Å². The third-order valence-corrected chi connectivity index (χ3v) is 3.63. The van der Waals surface area contributed by atoms with Crippen LogP contribution >= 0.6 is 11.3 Å². The van der Waals surface area contributed by atoms with Crippen molar-refractivity contribution in [1.82, 2.24) is 10.3 Å². The number of benzene rings is 1. The largest absolute Gasteiger partial charge is 0.315 e. The third-order valence-electron chi connectivity index (χ3n) is 2.91. The van der Waals surface area contributed by atoms with E-state index in [1.165, 1.54) is 28.0 Å². The summed E-state index contributed by atoms with van der Waals surface area (Å²) in [5.74, 6) is 0. The Hall–Kier alpha value is -1.39. The predicted octanol–water partition coefficient (Wildman–Crippen LogP) is 2.90. The molecule has 0 saturated heterocycles. The zero-order valence-electron chi connectivity index (χ0n) is 10.9. The van der Waals surface area contributed by atoms with Crippen molar-refractivity contribution >= 4 is 11.3 Å². The van der Waals surface area contributed by atoms with Crippen LogP contribution in [-0.2, 0) is 6.54 Å². The number of aromatic nitrogens is 1. The van der Waals surface area contributed by atoms with Crippen molar-refractivity contribution < 1.29 is 0 Å². The lowest BCUT2D eigenvalue weighted by Crippen LogP contribution is -2.19. The van der Waals surface area contributed by atoms with E-state index < -0.39 is 0 Å². The summed E-state index contributed by atoms with van der Waals surface area (Å²) >= 11 is 1.21. The fraction of sp³-hybridized carbons (Fsp3) is 0.357. The van der Waals surface area contributed by atoms with Gasteiger partial charge in [0, 0.05) is 23.7 Å². The highest BCUT2D eigenvalue weighted by Crippen LogP contribution is 2.16. The summed E-state index contributed by atoms with van der Waals surface area (Å²) in [4.78, 5) is 13.8. The molecule has 0 radical (unpaired) electrons. The topological polar surface area (TPSA) is 44.9 Å². The fourth-order valence-corrected chi connectivity index (χ4v) is 2.62. The van der Waals surface area contributed by atoms with Crippen molar-refractivity contribution in [3.63, 3.8) is 0 Å². The maximum absolute atomic E-state index is 11.0. The molecule has 1 aromatic carbocycles. The summed E-state index contributed by atoms with van der Waals surface area (Å²) in [5, 5.41) is 5.28. The zero-order chi connectivity index (χ0) is 13.1. The standard InChI is InChI=1S/C14H18N2OS/c1-9-4-10(2)6-12(5-9)11(3)15-7-13-8-18-14(17)16-13/h4-6,8,11,15H,7H2,1-3H3,(H,16,17). The number of hydrogen-bond acceptors (Lipinski definition) is 3. The van der Waals surface area contributed by atoms with Crippen molar-refractivity contribution in [2.45, 2.75) is 33.4 Å². The summed E-state index contributed by atoms with van der Waals surface area (Å²) in [6.45, 7) is 7.05. The number of hydrogen-bond donors (Lipinski definition) is 2. The van der Waals surface area contributed by atoms with E-state index in [2.05, 4.69) is 49.3 Å². The van der Waals surface area contributed by atoms with E-state index in [9.17, 15) is 4.79 Å². The molecule has 0 spiro atoms. The van der Waals surface area contributed by atoms with Crippen LogP contribution in [0.4, 0.5) is 0 Å². The van der Waals surface area contributed by atoms with Crippen LogP contribution in [0.1, 0.15) is 35.3 Å². The van der Waals surface area contributed by atoms with Crippen LogP contribution in [0.5, 0.6) is 0 Å². The number of thiazole rings is 1. The highest BCUT2D eigenvalue weighted by molar-refractivity contribution is 7.07. The molecular formula is C14H18N2OS. The normalized spacial score (nSPS) is 12.6. The van der Waals surface area contributed by atoms with Gasteiger partial charge in [-0.3, -0.25) is 4.79 Å². The molecule has 1 unspecified atom stereocenters. The van der Waals surface area contributed by atoms with Crippen molar-refractivity contribution in [1.29, 1.82) is 0 Å².